The number of aromatic nitrogens is 2. The van der Waals surface area contributed by atoms with Crippen LogP contribution in [0.25, 0.3) is 10.9 Å². The highest BCUT2D eigenvalue weighted by molar-refractivity contribution is 9.10. The fraction of sp³-hybridized carbons (Fsp3) is 0.529. The van der Waals surface area contributed by atoms with E-state index in [1.165, 1.54) is 0 Å². The Morgan fingerprint density at radius 2 is 2.29 bits per heavy atom. The van der Waals surface area contributed by atoms with Crippen LogP contribution in [-0.2, 0) is 6.54 Å². The number of hydrogen-bond acceptors (Lipinski definition) is 4. The highest BCUT2D eigenvalue weighted by Crippen LogP contribution is 2.25. The number of unbranched alkanes of at least 4 members (excludes halogenated alkanes) is 1. The van der Waals surface area contributed by atoms with Crippen LogP contribution in [0.2, 0.25) is 5.02 Å². The van der Waals surface area contributed by atoms with Gasteiger partial charge in [-0.1, -0.05) is 24.9 Å². The molecule has 0 saturated carbocycles. The van der Waals surface area contributed by atoms with E-state index in [2.05, 4.69) is 33.2 Å². The van der Waals surface area contributed by atoms with Gasteiger partial charge in [-0.05, 0) is 53.9 Å². The number of aliphatic hydroxyl groups excluding tert-OH is 1. The third-order valence-electron chi connectivity index (χ3n) is 3.89. The van der Waals surface area contributed by atoms with Crippen LogP contribution in [0.1, 0.15) is 32.6 Å². The van der Waals surface area contributed by atoms with Crippen molar-refractivity contribution in [3.63, 3.8) is 0 Å². The Balaban J connectivity index is 0.000000249. The Kier molecular flexibility index (Phi) is 7.68. The number of fused-ring (bicyclic) bond motifs is 1. The normalized spacial score (nSPS) is 17.4. The molecule has 2 N–H and O–H groups in total. The van der Waals surface area contributed by atoms with E-state index in [-0.39, 0.29) is 11.7 Å². The minimum absolute atomic E-state index is 0.0298. The molecule has 1 unspecified atom stereocenters. The van der Waals surface area contributed by atoms with Gasteiger partial charge in [-0.3, -0.25) is 9.36 Å². The molecule has 1 fully saturated rings. The molecule has 7 heteroatoms. The van der Waals surface area contributed by atoms with Crippen molar-refractivity contribution in [1.82, 2.24) is 14.9 Å². The lowest BCUT2D eigenvalue weighted by Crippen LogP contribution is -2.33. The van der Waals surface area contributed by atoms with Crippen LogP contribution in [0.4, 0.5) is 0 Å². The minimum atomic E-state index is -0.0752. The maximum absolute atomic E-state index is 12.1. The monoisotopic (exact) mass is 415 g/mol. The highest BCUT2D eigenvalue weighted by Gasteiger charge is 2.07. The molecule has 0 spiro atoms. The first-order valence-corrected chi connectivity index (χ1v) is 9.43. The lowest BCUT2D eigenvalue weighted by Gasteiger charge is -2.16. The van der Waals surface area contributed by atoms with E-state index in [9.17, 15) is 4.79 Å². The summed E-state index contributed by atoms with van der Waals surface area (Å²) in [6.07, 6.45) is 5.64. The quantitative estimate of drug-likeness (QED) is 0.805. The van der Waals surface area contributed by atoms with Crippen LogP contribution in [-0.4, -0.2) is 33.9 Å². The van der Waals surface area contributed by atoms with E-state index in [1.807, 2.05) is 0 Å². The molecule has 1 aromatic heterocycles. The van der Waals surface area contributed by atoms with Crippen molar-refractivity contribution < 1.29 is 5.11 Å². The number of benzene rings is 1. The van der Waals surface area contributed by atoms with Crippen LogP contribution in [0.5, 0.6) is 0 Å². The summed E-state index contributed by atoms with van der Waals surface area (Å²) < 4.78 is 2.39. The predicted octanol–water partition coefficient (Wildman–Crippen LogP) is 3.34. The van der Waals surface area contributed by atoms with E-state index >= 15 is 0 Å². The minimum Gasteiger partial charge on any atom is -0.392 e. The first kappa shape index (κ1) is 19.4. The van der Waals surface area contributed by atoms with Gasteiger partial charge >= 0.3 is 0 Å². The molecule has 2 aromatic rings. The van der Waals surface area contributed by atoms with Crippen LogP contribution in [0.15, 0.2) is 27.7 Å². The largest absolute Gasteiger partial charge is 0.392 e. The van der Waals surface area contributed by atoms with Gasteiger partial charge < -0.3 is 10.4 Å². The zero-order chi connectivity index (χ0) is 17.5. The first-order chi connectivity index (χ1) is 11.5. The number of nitrogens with one attached hydrogen (secondary N) is 1. The molecular formula is C17H23BrClN3O2. The highest BCUT2D eigenvalue weighted by atomic mass is 79.9. The Morgan fingerprint density at radius 3 is 2.88 bits per heavy atom. The zero-order valence-electron chi connectivity index (χ0n) is 13.8. The standard InChI is InChI=1S/C12H12BrClN2O.C5H11NO/c1-2-3-4-16-7-15-11-6-9(13)10(14)5-8(11)12(16)17;7-5-2-1-3-6-4-5/h5-7H,2-4H2,1H3;5-7H,1-4H2. The van der Waals surface area contributed by atoms with Crippen molar-refractivity contribution in [2.24, 2.45) is 0 Å². The summed E-state index contributed by atoms with van der Waals surface area (Å²) in [6.45, 7) is 4.66. The molecule has 1 saturated heterocycles. The van der Waals surface area contributed by atoms with Crippen molar-refractivity contribution in [2.75, 3.05) is 13.1 Å². The lowest BCUT2D eigenvalue weighted by molar-refractivity contribution is 0.142. The molecule has 0 amide bonds. The number of halogens is 2. The second-order valence-electron chi connectivity index (χ2n) is 5.88. The fourth-order valence-electron chi connectivity index (χ4n) is 2.47. The zero-order valence-corrected chi connectivity index (χ0v) is 16.1. The van der Waals surface area contributed by atoms with Crippen molar-refractivity contribution >= 4 is 38.4 Å². The van der Waals surface area contributed by atoms with E-state index in [1.54, 1.807) is 23.0 Å². The van der Waals surface area contributed by atoms with Crippen molar-refractivity contribution in [3.8, 4) is 0 Å². The molecule has 0 radical (unpaired) electrons. The Bertz CT molecular complexity index is 730. The Morgan fingerprint density at radius 1 is 1.50 bits per heavy atom. The number of nitrogens with zero attached hydrogens (tertiary/aromatic N) is 2. The number of piperidine rings is 1. The summed E-state index contributed by atoms with van der Waals surface area (Å²) in [4.78, 5) is 16.4. The van der Waals surface area contributed by atoms with Crippen molar-refractivity contribution in [2.45, 2.75) is 45.3 Å². The van der Waals surface area contributed by atoms with Gasteiger partial charge in [-0.25, -0.2) is 4.98 Å². The predicted molar refractivity (Wildman–Crippen MR) is 102 cm³/mol. The molecular weight excluding hydrogens is 394 g/mol. The average Bonchev–Trinajstić information content (AvgIpc) is 2.58. The maximum Gasteiger partial charge on any atom is 0.261 e. The van der Waals surface area contributed by atoms with E-state index in [4.69, 9.17) is 16.7 Å². The second-order valence-corrected chi connectivity index (χ2v) is 7.14. The van der Waals surface area contributed by atoms with E-state index < -0.39 is 0 Å². The molecule has 2 heterocycles. The number of aryl methyl sites for hydroxylation is 1. The van der Waals surface area contributed by atoms with Gasteiger partial charge in [-0.15, -0.1) is 0 Å². The van der Waals surface area contributed by atoms with E-state index in [0.717, 1.165) is 43.2 Å². The molecule has 132 valence electrons. The van der Waals surface area contributed by atoms with Gasteiger partial charge in [0.15, 0.2) is 0 Å². The van der Waals surface area contributed by atoms with Crippen LogP contribution in [0.3, 0.4) is 0 Å². The van der Waals surface area contributed by atoms with Crippen molar-refractivity contribution in [1.29, 1.82) is 0 Å². The van der Waals surface area contributed by atoms with Gasteiger partial charge in [0, 0.05) is 17.6 Å². The fourth-order valence-corrected chi connectivity index (χ4v) is 2.97. The molecule has 3 rings (SSSR count). The van der Waals surface area contributed by atoms with Crippen LogP contribution in [0, 0.1) is 0 Å². The molecule has 5 nitrogen and oxygen atoms in total. The summed E-state index contributed by atoms with van der Waals surface area (Å²) in [5, 5.41) is 13.0. The SMILES string of the molecule is CCCCn1cnc2cc(Br)c(Cl)cc2c1=O.OC1CCCNC1. The first-order valence-electron chi connectivity index (χ1n) is 8.26. The molecule has 0 bridgehead atoms. The summed E-state index contributed by atoms with van der Waals surface area (Å²) in [7, 11) is 0. The second kappa shape index (κ2) is 9.51. The van der Waals surface area contributed by atoms with E-state index in [0.29, 0.717) is 22.5 Å². The molecule has 24 heavy (non-hydrogen) atoms. The summed E-state index contributed by atoms with van der Waals surface area (Å²) in [6, 6.07) is 3.43. The van der Waals surface area contributed by atoms with Gasteiger partial charge in [-0.2, -0.15) is 0 Å². The van der Waals surface area contributed by atoms with Gasteiger partial charge in [0.25, 0.3) is 5.56 Å². The number of rotatable bonds is 3. The van der Waals surface area contributed by atoms with Crippen molar-refractivity contribution in [3.05, 3.63) is 38.3 Å². The molecule has 1 aliphatic heterocycles. The Hall–Kier alpha value is -0.950. The average molecular weight is 417 g/mol. The molecule has 0 aliphatic carbocycles. The lowest BCUT2D eigenvalue weighted by atomic mass is 10.1. The third-order valence-corrected chi connectivity index (χ3v) is 5.09. The van der Waals surface area contributed by atoms with Crippen LogP contribution >= 0.6 is 27.5 Å². The number of β-amino-alcohol motifs (C(OH)–C–C–N with tert-alkyl or cyclic N) is 1. The summed E-state index contributed by atoms with van der Waals surface area (Å²) in [5.74, 6) is 0. The van der Waals surface area contributed by atoms with Gasteiger partial charge in [0.05, 0.1) is 28.4 Å². The maximum atomic E-state index is 12.1. The third kappa shape index (κ3) is 5.28. The molecule has 1 aromatic carbocycles. The van der Waals surface area contributed by atoms with Gasteiger partial charge in [0.2, 0.25) is 0 Å². The topological polar surface area (TPSA) is 67.2 Å². The van der Waals surface area contributed by atoms with Crippen LogP contribution < -0.4 is 10.9 Å². The number of aliphatic hydroxyl groups is 1. The van der Waals surface area contributed by atoms with Gasteiger partial charge in [0.1, 0.15) is 0 Å². The number of hydrogen-bond donors (Lipinski definition) is 2. The smallest absolute Gasteiger partial charge is 0.261 e. The summed E-state index contributed by atoms with van der Waals surface area (Å²) >= 11 is 9.31. The Labute approximate surface area is 155 Å². The molecule has 1 atom stereocenters. The summed E-state index contributed by atoms with van der Waals surface area (Å²) in [5.41, 5.74) is 0.636. The molecule has 1 aliphatic rings.